The number of hydrogen-bond acceptors (Lipinski definition) is 2. The van der Waals surface area contributed by atoms with E-state index >= 15 is 0 Å². The maximum atomic E-state index is 11.3. The molecule has 1 saturated carbocycles. The van der Waals surface area contributed by atoms with Gasteiger partial charge in [0.05, 0.1) is 5.92 Å². The molecule has 1 aliphatic carbocycles. The van der Waals surface area contributed by atoms with Gasteiger partial charge in [-0.25, -0.2) is 4.79 Å². The van der Waals surface area contributed by atoms with Crippen LogP contribution in [0.15, 0.2) is 0 Å². The summed E-state index contributed by atoms with van der Waals surface area (Å²) in [6, 6.07) is -0.203. The Morgan fingerprint density at radius 1 is 1.38 bits per heavy atom. The third kappa shape index (κ3) is 4.51. The summed E-state index contributed by atoms with van der Waals surface area (Å²) < 4.78 is 0. The number of carboxylic acids is 1. The fourth-order valence-electron chi connectivity index (χ4n) is 1.27. The molecule has 1 aliphatic rings. The van der Waals surface area contributed by atoms with Crippen LogP contribution in [0.25, 0.3) is 0 Å². The Bertz CT molecular complexity index is 274. The van der Waals surface area contributed by atoms with Gasteiger partial charge in [0.15, 0.2) is 0 Å². The second-order valence-electron chi connectivity index (χ2n) is 4.95. The number of urea groups is 1. The fraction of sp³-hybridized carbons (Fsp3) is 0.818. The molecule has 0 spiro atoms. The molecule has 0 aromatic carbocycles. The zero-order valence-corrected chi connectivity index (χ0v) is 9.88. The Morgan fingerprint density at radius 2 is 2.00 bits per heavy atom. The van der Waals surface area contributed by atoms with Crippen LogP contribution in [-0.2, 0) is 4.79 Å². The van der Waals surface area contributed by atoms with Crippen LogP contribution in [0.5, 0.6) is 0 Å². The third-order valence-electron chi connectivity index (χ3n) is 3.06. The van der Waals surface area contributed by atoms with Gasteiger partial charge in [0, 0.05) is 13.1 Å². The summed E-state index contributed by atoms with van der Waals surface area (Å²) in [6.45, 7) is 4.87. The highest BCUT2D eigenvalue weighted by Gasteiger charge is 2.37. The first-order chi connectivity index (χ1) is 7.43. The molecule has 92 valence electrons. The van der Waals surface area contributed by atoms with Crippen LogP contribution in [0.3, 0.4) is 0 Å². The van der Waals surface area contributed by atoms with Gasteiger partial charge >= 0.3 is 12.0 Å². The largest absolute Gasteiger partial charge is 0.481 e. The summed E-state index contributed by atoms with van der Waals surface area (Å²) in [4.78, 5) is 21.8. The van der Waals surface area contributed by atoms with Crippen LogP contribution < -0.4 is 10.6 Å². The normalized spacial score (nSPS) is 18.6. The van der Waals surface area contributed by atoms with Gasteiger partial charge in [-0.15, -0.1) is 0 Å². The monoisotopic (exact) mass is 228 g/mol. The molecule has 0 bridgehead atoms. The summed E-state index contributed by atoms with van der Waals surface area (Å²) >= 11 is 0. The summed E-state index contributed by atoms with van der Waals surface area (Å²) in [5.74, 6) is -1.24. The van der Waals surface area contributed by atoms with Crippen molar-refractivity contribution in [2.45, 2.75) is 33.1 Å². The SMILES string of the molecule is CC(CCNC(=O)NCC1(C)CC1)C(=O)O. The van der Waals surface area contributed by atoms with E-state index < -0.39 is 11.9 Å². The first-order valence-electron chi connectivity index (χ1n) is 5.67. The van der Waals surface area contributed by atoms with Gasteiger partial charge in [0.2, 0.25) is 0 Å². The first-order valence-corrected chi connectivity index (χ1v) is 5.67. The van der Waals surface area contributed by atoms with Gasteiger partial charge in [-0.2, -0.15) is 0 Å². The number of rotatable bonds is 6. The van der Waals surface area contributed by atoms with Crippen molar-refractivity contribution in [2.75, 3.05) is 13.1 Å². The van der Waals surface area contributed by atoms with E-state index in [1.807, 2.05) is 0 Å². The van der Waals surface area contributed by atoms with E-state index in [1.165, 1.54) is 12.8 Å². The van der Waals surface area contributed by atoms with Gasteiger partial charge in [-0.05, 0) is 24.7 Å². The molecule has 0 aromatic rings. The summed E-state index contributed by atoms with van der Waals surface area (Å²) in [5, 5.41) is 14.1. The average molecular weight is 228 g/mol. The molecule has 0 heterocycles. The molecule has 16 heavy (non-hydrogen) atoms. The van der Waals surface area contributed by atoms with E-state index in [0.29, 0.717) is 24.9 Å². The molecule has 0 saturated heterocycles. The maximum absolute atomic E-state index is 11.3. The molecule has 2 amide bonds. The quantitative estimate of drug-likeness (QED) is 0.639. The zero-order chi connectivity index (χ0) is 12.2. The summed E-state index contributed by atoms with van der Waals surface area (Å²) in [5.41, 5.74) is 0.297. The number of hydrogen-bond donors (Lipinski definition) is 3. The van der Waals surface area contributed by atoms with Crippen molar-refractivity contribution in [3.63, 3.8) is 0 Å². The van der Waals surface area contributed by atoms with E-state index in [9.17, 15) is 9.59 Å². The minimum absolute atomic E-state index is 0.203. The standard InChI is InChI=1S/C11H20N2O3/c1-8(9(14)15)3-6-12-10(16)13-7-11(2)4-5-11/h8H,3-7H2,1-2H3,(H,14,15)(H2,12,13,16). The highest BCUT2D eigenvalue weighted by Crippen LogP contribution is 2.43. The lowest BCUT2D eigenvalue weighted by molar-refractivity contribution is -0.141. The van der Waals surface area contributed by atoms with Crippen LogP contribution in [-0.4, -0.2) is 30.2 Å². The van der Waals surface area contributed by atoms with Crippen molar-refractivity contribution < 1.29 is 14.7 Å². The maximum Gasteiger partial charge on any atom is 0.314 e. The number of carbonyl (C=O) groups is 2. The van der Waals surface area contributed by atoms with E-state index in [2.05, 4.69) is 17.6 Å². The lowest BCUT2D eigenvalue weighted by Gasteiger charge is -2.12. The van der Waals surface area contributed by atoms with Crippen LogP contribution in [0.1, 0.15) is 33.1 Å². The van der Waals surface area contributed by atoms with Crippen molar-refractivity contribution >= 4 is 12.0 Å². The predicted molar refractivity (Wildman–Crippen MR) is 60.2 cm³/mol. The van der Waals surface area contributed by atoms with Crippen molar-refractivity contribution in [3.8, 4) is 0 Å². The molecule has 0 aromatic heterocycles. The Labute approximate surface area is 95.6 Å². The van der Waals surface area contributed by atoms with Crippen molar-refractivity contribution in [1.29, 1.82) is 0 Å². The minimum atomic E-state index is -0.826. The molecule has 1 atom stereocenters. The number of amides is 2. The molecule has 1 unspecified atom stereocenters. The van der Waals surface area contributed by atoms with Gasteiger partial charge in [-0.1, -0.05) is 13.8 Å². The summed E-state index contributed by atoms with van der Waals surface area (Å²) in [7, 11) is 0. The molecular formula is C11H20N2O3. The lowest BCUT2D eigenvalue weighted by atomic mass is 10.1. The highest BCUT2D eigenvalue weighted by molar-refractivity contribution is 5.74. The number of carbonyl (C=O) groups excluding carboxylic acids is 1. The van der Waals surface area contributed by atoms with E-state index in [4.69, 9.17) is 5.11 Å². The fourth-order valence-corrected chi connectivity index (χ4v) is 1.27. The Morgan fingerprint density at radius 3 is 2.50 bits per heavy atom. The molecule has 3 N–H and O–H groups in total. The molecule has 0 aliphatic heterocycles. The number of aliphatic carboxylic acids is 1. The van der Waals surface area contributed by atoms with Gasteiger partial charge in [-0.3, -0.25) is 4.79 Å². The number of carboxylic acid groups (broad SMARTS) is 1. The first kappa shape index (κ1) is 12.8. The van der Waals surface area contributed by atoms with Crippen molar-refractivity contribution in [3.05, 3.63) is 0 Å². The molecular weight excluding hydrogens is 208 g/mol. The van der Waals surface area contributed by atoms with Gasteiger partial charge in [0.25, 0.3) is 0 Å². The van der Waals surface area contributed by atoms with Gasteiger partial charge in [0.1, 0.15) is 0 Å². The van der Waals surface area contributed by atoms with Crippen LogP contribution >= 0.6 is 0 Å². The Balaban J connectivity index is 2.04. The molecule has 5 heteroatoms. The predicted octanol–water partition coefficient (Wildman–Crippen LogP) is 1.20. The van der Waals surface area contributed by atoms with E-state index in [-0.39, 0.29) is 6.03 Å². The Kier molecular flexibility index (Phi) is 4.15. The lowest BCUT2D eigenvalue weighted by Crippen LogP contribution is -2.39. The topological polar surface area (TPSA) is 78.4 Å². The summed E-state index contributed by atoms with van der Waals surface area (Å²) in [6.07, 6.45) is 2.80. The molecule has 0 radical (unpaired) electrons. The van der Waals surface area contributed by atoms with Crippen molar-refractivity contribution in [1.82, 2.24) is 10.6 Å². The molecule has 5 nitrogen and oxygen atoms in total. The molecule has 1 rings (SSSR count). The van der Waals surface area contributed by atoms with Crippen LogP contribution in [0.2, 0.25) is 0 Å². The second-order valence-corrected chi connectivity index (χ2v) is 4.95. The molecule has 1 fully saturated rings. The second kappa shape index (κ2) is 5.18. The average Bonchev–Trinajstić information content (AvgIpc) is 2.94. The van der Waals surface area contributed by atoms with E-state index in [1.54, 1.807) is 6.92 Å². The highest BCUT2D eigenvalue weighted by atomic mass is 16.4. The number of nitrogens with one attached hydrogen (secondary N) is 2. The van der Waals surface area contributed by atoms with E-state index in [0.717, 1.165) is 0 Å². The van der Waals surface area contributed by atoms with Crippen molar-refractivity contribution in [2.24, 2.45) is 11.3 Å². The van der Waals surface area contributed by atoms with Gasteiger partial charge < -0.3 is 15.7 Å². The Hall–Kier alpha value is -1.26. The van der Waals surface area contributed by atoms with Crippen LogP contribution in [0, 0.1) is 11.3 Å². The third-order valence-corrected chi connectivity index (χ3v) is 3.06. The minimum Gasteiger partial charge on any atom is -0.481 e. The smallest absolute Gasteiger partial charge is 0.314 e. The zero-order valence-electron chi connectivity index (χ0n) is 9.88. The van der Waals surface area contributed by atoms with Crippen LogP contribution in [0.4, 0.5) is 4.79 Å².